The number of carbonyl (C=O) groups excluding carboxylic acids is 1. The van der Waals surface area contributed by atoms with E-state index in [-0.39, 0.29) is 5.91 Å². The van der Waals surface area contributed by atoms with E-state index >= 15 is 0 Å². The van der Waals surface area contributed by atoms with Gasteiger partial charge in [-0.15, -0.1) is 0 Å². The van der Waals surface area contributed by atoms with Gasteiger partial charge in [0, 0.05) is 58.1 Å². The predicted octanol–water partition coefficient (Wildman–Crippen LogP) is 3.20. The molecule has 2 aromatic carbocycles. The lowest BCUT2D eigenvalue weighted by molar-refractivity contribution is -0.114. The highest BCUT2D eigenvalue weighted by molar-refractivity contribution is 5.88. The number of nitrogens with one attached hydrogen (secondary N) is 2. The largest absolute Gasteiger partial charge is 0.368 e. The van der Waals surface area contributed by atoms with Crippen LogP contribution >= 0.6 is 0 Å². The Morgan fingerprint density at radius 1 is 1.03 bits per heavy atom. The fourth-order valence-electron chi connectivity index (χ4n) is 3.85. The van der Waals surface area contributed by atoms with E-state index in [0.29, 0.717) is 0 Å². The second-order valence-electron chi connectivity index (χ2n) is 7.80. The fourth-order valence-corrected chi connectivity index (χ4v) is 3.85. The third-order valence-electron chi connectivity index (χ3n) is 5.68. The Morgan fingerprint density at radius 3 is 2.37 bits per heavy atom. The summed E-state index contributed by atoms with van der Waals surface area (Å²) in [5, 5.41) is 6.29. The second kappa shape index (κ2) is 10.1. The van der Waals surface area contributed by atoms with E-state index in [1.165, 1.54) is 29.3 Å². The molecule has 2 aromatic rings. The Balaban J connectivity index is 1.48. The van der Waals surface area contributed by atoms with Crippen molar-refractivity contribution in [3.8, 4) is 0 Å². The highest BCUT2D eigenvalue weighted by Crippen LogP contribution is 2.23. The van der Waals surface area contributed by atoms with E-state index in [4.69, 9.17) is 0 Å². The molecule has 0 aromatic heterocycles. The monoisotopic (exact) mass is 407 g/mol. The van der Waals surface area contributed by atoms with Gasteiger partial charge in [0.2, 0.25) is 5.91 Å². The van der Waals surface area contributed by atoms with Crippen molar-refractivity contribution in [2.24, 2.45) is 4.99 Å². The van der Waals surface area contributed by atoms with Crippen LogP contribution in [-0.4, -0.2) is 56.5 Å². The Labute approximate surface area is 180 Å². The normalized spacial score (nSPS) is 14.6. The zero-order valence-electron chi connectivity index (χ0n) is 18.5. The molecular formula is C24H33N5O. The summed E-state index contributed by atoms with van der Waals surface area (Å²) in [5.41, 5.74) is 6.12. The first-order chi connectivity index (χ1) is 14.5. The summed E-state index contributed by atoms with van der Waals surface area (Å²) in [6.45, 7) is 10.6. The maximum absolute atomic E-state index is 11.1. The van der Waals surface area contributed by atoms with Crippen LogP contribution in [0.25, 0.3) is 0 Å². The Hall–Kier alpha value is -3.02. The maximum Gasteiger partial charge on any atom is 0.221 e. The van der Waals surface area contributed by atoms with E-state index in [2.05, 4.69) is 69.6 Å². The number of nitrogens with zero attached hydrogens (tertiary/aromatic N) is 3. The third-order valence-corrected chi connectivity index (χ3v) is 5.68. The van der Waals surface area contributed by atoms with Crippen molar-refractivity contribution in [3.63, 3.8) is 0 Å². The maximum atomic E-state index is 11.1. The number of anilines is 2. The average Bonchev–Trinajstić information content (AvgIpc) is 2.74. The molecule has 1 amide bonds. The molecule has 6 nitrogen and oxygen atoms in total. The van der Waals surface area contributed by atoms with Gasteiger partial charge in [-0.3, -0.25) is 9.79 Å². The molecule has 0 atom stereocenters. The summed E-state index contributed by atoms with van der Waals surface area (Å²) in [5.74, 6) is 0.913. The van der Waals surface area contributed by atoms with Gasteiger partial charge >= 0.3 is 0 Å². The molecule has 1 aliphatic rings. The van der Waals surface area contributed by atoms with Gasteiger partial charge in [0.15, 0.2) is 5.96 Å². The van der Waals surface area contributed by atoms with Crippen molar-refractivity contribution in [3.05, 3.63) is 59.2 Å². The van der Waals surface area contributed by atoms with Crippen molar-refractivity contribution in [1.29, 1.82) is 0 Å². The molecule has 0 unspecified atom stereocenters. The molecule has 30 heavy (non-hydrogen) atoms. The standard InChI is InChI=1S/C24H33N5O/c1-18-6-5-7-23(19(18)2)28-14-16-29(17-15-28)24(25-4)26-13-12-21-8-10-22(11-9-21)27-20(3)30/h5-11H,12-17H2,1-4H3,(H,25,26)(H,27,30). The molecule has 2 N–H and O–H groups in total. The quantitative estimate of drug-likeness (QED) is 0.590. The predicted molar refractivity (Wildman–Crippen MR) is 126 cm³/mol. The minimum Gasteiger partial charge on any atom is -0.368 e. The van der Waals surface area contributed by atoms with Gasteiger partial charge in [-0.05, 0) is 55.2 Å². The lowest BCUT2D eigenvalue weighted by atomic mass is 10.1. The Kier molecular flexibility index (Phi) is 7.33. The van der Waals surface area contributed by atoms with Crippen molar-refractivity contribution in [2.75, 3.05) is 50.0 Å². The van der Waals surface area contributed by atoms with Crippen LogP contribution in [-0.2, 0) is 11.2 Å². The van der Waals surface area contributed by atoms with Gasteiger partial charge in [0.05, 0.1) is 0 Å². The molecule has 0 bridgehead atoms. The summed E-state index contributed by atoms with van der Waals surface area (Å²) < 4.78 is 0. The highest BCUT2D eigenvalue weighted by atomic mass is 16.1. The smallest absolute Gasteiger partial charge is 0.221 e. The lowest BCUT2D eigenvalue weighted by Crippen LogP contribution is -2.53. The number of hydrogen-bond donors (Lipinski definition) is 2. The molecule has 1 fully saturated rings. The summed E-state index contributed by atoms with van der Waals surface area (Å²) in [4.78, 5) is 20.4. The number of benzene rings is 2. The SMILES string of the molecule is CN=C(NCCc1ccc(NC(C)=O)cc1)N1CCN(c2cccc(C)c2C)CC1. The zero-order valence-corrected chi connectivity index (χ0v) is 18.5. The van der Waals surface area contributed by atoms with E-state index in [9.17, 15) is 4.79 Å². The number of aryl methyl sites for hydroxylation is 1. The summed E-state index contributed by atoms with van der Waals surface area (Å²) in [6.07, 6.45) is 0.905. The Bertz CT molecular complexity index is 883. The van der Waals surface area contributed by atoms with Gasteiger partial charge in [0.25, 0.3) is 0 Å². The van der Waals surface area contributed by atoms with Crippen LogP contribution in [0.2, 0.25) is 0 Å². The average molecular weight is 408 g/mol. The fraction of sp³-hybridized carbons (Fsp3) is 0.417. The molecule has 1 aliphatic heterocycles. The molecule has 6 heteroatoms. The first-order valence-corrected chi connectivity index (χ1v) is 10.6. The molecule has 1 saturated heterocycles. The van der Waals surface area contributed by atoms with Crippen molar-refractivity contribution in [2.45, 2.75) is 27.2 Å². The summed E-state index contributed by atoms with van der Waals surface area (Å²) in [6, 6.07) is 14.5. The van der Waals surface area contributed by atoms with Crippen molar-refractivity contribution in [1.82, 2.24) is 10.2 Å². The van der Waals surface area contributed by atoms with E-state index < -0.39 is 0 Å². The molecule has 160 valence electrons. The van der Waals surface area contributed by atoms with Crippen molar-refractivity contribution >= 4 is 23.2 Å². The topological polar surface area (TPSA) is 60.0 Å². The van der Waals surface area contributed by atoms with E-state index in [1.807, 2.05) is 19.2 Å². The first-order valence-electron chi connectivity index (χ1n) is 10.6. The number of hydrogen-bond acceptors (Lipinski definition) is 3. The number of guanidine groups is 1. The molecule has 0 saturated carbocycles. The van der Waals surface area contributed by atoms with Crippen LogP contribution in [0.15, 0.2) is 47.5 Å². The molecule has 0 aliphatic carbocycles. The highest BCUT2D eigenvalue weighted by Gasteiger charge is 2.20. The van der Waals surface area contributed by atoms with E-state index in [0.717, 1.165) is 50.8 Å². The van der Waals surface area contributed by atoms with Crippen LogP contribution in [0.5, 0.6) is 0 Å². The van der Waals surface area contributed by atoms with Gasteiger partial charge < -0.3 is 20.4 Å². The van der Waals surface area contributed by atoms with Crippen LogP contribution < -0.4 is 15.5 Å². The molecular weight excluding hydrogens is 374 g/mol. The third kappa shape index (κ3) is 5.53. The minimum atomic E-state index is -0.0501. The van der Waals surface area contributed by atoms with Gasteiger partial charge in [-0.2, -0.15) is 0 Å². The van der Waals surface area contributed by atoms with Crippen LogP contribution in [0, 0.1) is 13.8 Å². The second-order valence-corrected chi connectivity index (χ2v) is 7.80. The Morgan fingerprint density at radius 2 is 1.73 bits per heavy atom. The minimum absolute atomic E-state index is 0.0501. The van der Waals surface area contributed by atoms with Gasteiger partial charge in [-0.25, -0.2) is 0 Å². The lowest BCUT2D eigenvalue weighted by Gasteiger charge is -2.38. The van der Waals surface area contributed by atoms with Crippen LogP contribution in [0.4, 0.5) is 11.4 Å². The van der Waals surface area contributed by atoms with Crippen LogP contribution in [0.3, 0.4) is 0 Å². The first kappa shape index (κ1) is 21.7. The van der Waals surface area contributed by atoms with Gasteiger partial charge in [0.1, 0.15) is 0 Å². The summed E-state index contributed by atoms with van der Waals surface area (Å²) >= 11 is 0. The number of aliphatic imine (C=N–C) groups is 1. The number of rotatable bonds is 5. The number of amides is 1. The summed E-state index contributed by atoms with van der Waals surface area (Å²) in [7, 11) is 1.85. The van der Waals surface area contributed by atoms with Crippen LogP contribution in [0.1, 0.15) is 23.6 Å². The van der Waals surface area contributed by atoms with Gasteiger partial charge in [-0.1, -0.05) is 24.3 Å². The molecule has 1 heterocycles. The number of piperazine rings is 1. The zero-order chi connectivity index (χ0) is 21.5. The molecule has 0 radical (unpaired) electrons. The van der Waals surface area contributed by atoms with Crippen molar-refractivity contribution < 1.29 is 4.79 Å². The molecule has 0 spiro atoms. The number of carbonyl (C=O) groups is 1. The molecule has 3 rings (SSSR count). The van der Waals surface area contributed by atoms with E-state index in [1.54, 1.807) is 0 Å².